The molecule has 0 spiro atoms. The van der Waals surface area contributed by atoms with E-state index in [0.29, 0.717) is 25.6 Å². The van der Waals surface area contributed by atoms with Crippen molar-refractivity contribution < 1.29 is 8.42 Å². The van der Waals surface area contributed by atoms with Crippen LogP contribution in [-0.4, -0.2) is 63.5 Å². The molecule has 0 unspecified atom stereocenters. The van der Waals surface area contributed by atoms with Gasteiger partial charge in [-0.2, -0.15) is 0 Å². The Hall–Kier alpha value is -0.0900. The molecule has 0 aromatic heterocycles. The van der Waals surface area contributed by atoms with Gasteiger partial charge in [-0.05, 0) is 6.42 Å². The molecule has 1 aliphatic rings. The fraction of sp³-hybridized carbons (Fsp3) is 0.900. The smallest absolute Gasteiger partial charge is 0.188 e. The minimum absolute atomic E-state index is 0. The highest BCUT2D eigenvalue weighted by Crippen LogP contribution is 2.02. The lowest BCUT2D eigenvalue weighted by atomic mass is 10.4. The lowest BCUT2D eigenvalue weighted by Crippen LogP contribution is -2.44. The van der Waals surface area contributed by atoms with Gasteiger partial charge in [0.2, 0.25) is 0 Å². The molecule has 18 heavy (non-hydrogen) atoms. The topological polar surface area (TPSA) is 87.8 Å². The second kappa shape index (κ2) is 8.92. The van der Waals surface area contributed by atoms with Crippen molar-refractivity contribution in [2.24, 2.45) is 10.7 Å². The van der Waals surface area contributed by atoms with E-state index in [0.717, 1.165) is 19.5 Å². The molecule has 1 fully saturated rings. The zero-order chi connectivity index (χ0) is 12.7. The van der Waals surface area contributed by atoms with E-state index in [1.54, 1.807) is 0 Å². The molecule has 0 aromatic carbocycles. The van der Waals surface area contributed by atoms with Crippen molar-refractivity contribution in [3.8, 4) is 0 Å². The van der Waals surface area contributed by atoms with Crippen molar-refractivity contribution in [3.05, 3.63) is 0 Å². The molecule has 1 aliphatic heterocycles. The van der Waals surface area contributed by atoms with Gasteiger partial charge in [-0.15, -0.1) is 24.0 Å². The van der Waals surface area contributed by atoms with E-state index in [4.69, 9.17) is 5.73 Å². The molecule has 0 radical (unpaired) electrons. The van der Waals surface area contributed by atoms with Crippen molar-refractivity contribution >= 4 is 39.8 Å². The second-order valence-electron chi connectivity index (χ2n) is 4.19. The largest absolute Gasteiger partial charge is 0.370 e. The van der Waals surface area contributed by atoms with Crippen LogP contribution in [0.25, 0.3) is 0 Å². The normalized spacial score (nSPS) is 20.2. The van der Waals surface area contributed by atoms with Crippen molar-refractivity contribution in [2.75, 3.05) is 44.2 Å². The number of nitrogens with zero attached hydrogens (tertiary/aromatic N) is 2. The first-order valence-electron chi connectivity index (χ1n) is 6.00. The highest BCUT2D eigenvalue weighted by molar-refractivity contribution is 14.0. The number of aliphatic imine (C=N–C) groups is 1. The van der Waals surface area contributed by atoms with Crippen molar-refractivity contribution in [2.45, 2.75) is 13.3 Å². The molecule has 0 amide bonds. The maximum Gasteiger partial charge on any atom is 0.188 e. The summed E-state index contributed by atoms with van der Waals surface area (Å²) >= 11 is 0. The van der Waals surface area contributed by atoms with Crippen LogP contribution in [0.15, 0.2) is 4.99 Å². The van der Waals surface area contributed by atoms with Crippen LogP contribution in [-0.2, 0) is 9.84 Å². The van der Waals surface area contributed by atoms with Gasteiger partial charge in [-0.25, -0.2) is 8.42 Å². The molecule has 1 saturated heterocycles. The number of guanidine groups is 1. The van der Waals surface area contributed by atoms with E-state index in [-0.39, 0.29) is 35.5 Å². The van der Waals surface area contributed by atoms with Gasteiger partial charge >= 0.3 is 0 Å². The maximum atomic E-state index is 11.2. The van der Waals surface area contributed by atoms with Gasteiger partial charge in [-0.3, -0.25) is 9.89 Å². The zero-order valence-corrected chi connectivity index (χ0v) is 13.9. The SMILES string of the molecule is CCCN=C(N)NCCN1CCS(=O)(=O)CC1.I. The number of rotatable bonds is 5. The first kappa shape index (κ1) is 17.9. The molecule has 0 atom stereocenters. The van der Waals surface area contributed by atoms with Crippen molar-refractivity contribution in [3.63, 3.8) is 0 Å². The van der Waals surface area contributed by atoms with Crippen LogP contribution in [0.1, 0.15) is 13.3 Å². The molecular formula is C10H23IN4O2S. The molecule has 0 bridgehead atoms. The third-order valence-electron chi connectivity index (χ3n) is 2.68. The van der Waals surface area contributed by atoms with Gasteiger partial charge in [0.25, 0.3) is 0 Å². The molecule has 1 rings (SSSR count). The van der Waals surface area contributed by atoms with Crippen LogP contribution in [0.5, 0.6) is 0 Å². The number of hydrogen-bond acceptors (Lipinski definition) is 4. The monoisotopic (exact) mass is 390 g/mol. The highest BCUT2D eigenvalue weighted by Gasteiger charge is 2.20. The number of sulfone groups is 1. The molecule has 6 nitrogen and oxygen atoms in total. The van der Waals surface area contributed by atoms with Gasteiger partial charge in [0.1, 0.15) is 0 Å². The summed E-state index contributed by atoms with van der Waals surface area (Å²) in [7, 11) is -2.78. The molecule has 0 aromatic rings. The third kappa shape index (κ3) is 7.37. The Morgan fingerprint density at radius 1 is 1.39 bits per heavy atom. The van der Waals surface area contributed by atoms with Crippen molar-refractivity contribution in [1.82, 2.24) is 10.2 Å². The zero-order valence-electron chi connectivity index (χ0n) is 10.8. The number of hydrogen-bond donors (Lipinski definition) is 2. The summed E-state index contributed by atoms with van der Waals surface area (Å²) in [5.41, 5.74) is 5.64. The quantitative estimate of drug-likeness (QED) is 0.381. The van der Waals surface area contributed by atoms with Gasteiger partial charge in [0.15, 0.2) is 15.8 Å². The van der Waals surface area contributed by atoms with Gasteiger partial charge in [0, 0.05) is 32.7 Å². The van der Waals surface area contributed by atoms with E-state index in [1.165, 1.54) is 0 Å². The van der Waals surface area contributed by atoms with Crippen LogP contribution >= 0.6 is 24.0 Å². The Balaban J connectivity index is 0.00000289. The summed E-state index contributed by atoms with van der Waals surface area (Å²) in [6.45, 7) is 5.54. The Morgan fingerprint density at radius 2 is 2.00 bits per heavy atom. The lowest BCUT2D eigenvalue weighted by molar-refractivity contribution is 0.300. The molecule has 3 N–H and O–H groups in total. The van der Waals surface area contributed by atoms with E-state index in [2.05, 4.69) is 15.2 Å². The van der Waals surface area contributed by atoms with Crippen LogP contribution in [0.2, 0.25) is 0 Å². The van der Waals surface area contributed by atoms with E-state index in [1.807, 2.05) is 6.92 Å². The summed E-state index contributed by atoms with van der Waals surface area (Å²) < 4.78 is 22.4. The number of nitrogens with one attached hydrogen (secondary N) is 1. The Bertz CT molecular complexity index is 345. The maximum absolute atomic E-state index is 11.2. The average Bonchev–Trinajstić information content (AvgIpc) is 2.29. The van der Waals surface area contributed by atoms with E-state index < -0.39 is 9.84 Å². The summed E-state index contributed by atoms with van der Waals surface area (Å²) in [5.74, 6) is 1.01. The fourth-order valence-electron chi connectivity index (χ4n) is 1.60. The predicted molar refractivity (Wildman–Crippen MR) is 85.3 cm³/mol. The van der Waals surface area contributed by atoms with Crippen LogP contribution < -0.4 is 11.1 Å². The summed E-state index contributed by atoms with van der Waals surface area (Å²) in [5, 5.41) is 3.02. The minimum Gasteiger partial charge on any atom is -0.370 e. The van der Waals surface area contributed by atoms with E-state index >= 15 is 0 Å². The van der Waals surface area contributed by atoms with Crippen molar-refractivity contribution in [1.29, 1.82) is 0 Å². The van der Waals surface area contributed by atoms with Gasteiger partial charge in [0.05, 0.1) is 11.5 Å². The fourth-order valence-corrected chi connectivity index (χ4v) is 2.88. The molecule has 108 valence electrons. The van der Waals surface area contributed by atoms with Crippen LogP contribution in [0.4, 0.5) is 0 Å². The number of halogens is 1. The Morgan fingerprint density at radius 3 is 2.56 bits per heavy atom. The number of nitrogens with two attached hydrogens (primary N) is 1. The summed E-state index contributed by atoms with van der Waals surface area (Å²) in [6.07, 6.45) is 0.979. The second-order valence-corrected chi connectivity index (χ2v) is 6.49. The Labute approximate surface area is 126 Å². The highest BCUT2D eigenvalue weighted by atomic mass is 127. The first-order chi connectivity index (χ1) is 8.03. The van der Waals surface area contributed by atoms with Crippen LogP contribution in [0, 0.1) is 0 Å². The Kier molecular flexibility index (Phi) is 8.87. The minimum atomic E-state index is -2.78. The first-order valence-corrected chi connectivity index (χ1v) is 7.82. The summed E-state index contributed by atoms with van der Waals surface area (Å²) in [6, 6.07) is 0. The molecule has 0 saturated carbocycles. The third-order valence-corrected chi connectivity index (χ3v) is 4.29. The van der Waals surface area contributed by atoms with Gasteiger partial charge < -0.3 is 11.1 Å². The molecule has 8 heteroatoms. The average molecular weight is 390 g/mol. The molecular weight excluding hydrogens is 367 g/mol. The summed E-state index contributed by atoms with van der Waals surface area (Å²) in [4.78, 5) is 6.24. The predicted octanol–water partition coefficient (Wildman–Crippen LogP) is -0.351. The molecule has 0 aliphatic carbocycles. The lowest BCUT2D eigenvalue weighted by Gasteiger charge is -2.26. The van der Waals surface area contributed by atoms with Gasteiger partial charge in [-0.1, -0.05) is 6.92 Å². The van der Waals surface area contributed by atoms with Crippen LogP contribution in [0.3, 0.4) is 0 Å². The van der Waals surface area contributed by atoms with E-state index in [9.17, 15) is 8.42 Å². The standard InChI is InChI=1S/C10H22N4O2S.HI/c1-2-3-12-10(11)13-4-5-14-6-8-17(15,16)9-7-14;/h2-9H2,1H3,(H3,11,12,13);1H. The molecule has 1 heterocycles.